The van der Waals surface area contributed by atoms with E-state index in [-0.39, 0.29) is 17.6 Å². The van der Waals surface area contributed by atoms with Crippen molar-refractivity contribution in [1.82, 2.24) is 20.8 Å². The van der Waals surface area contributed by atoms with Gasteiger partial charge in [-0.3, -0.25) is 9.59 Å². The summed E-state index contributed by atoms with van der Waals surface area (Å²) in [6.45, 7) is 0.705. The zero-order valence-corrected chi connectivity index (χ0v) is 15.7. The monoisotopic (exact) mass is 396 g/mol. The maximum atomic E-state index is 13.0. The Labute approximate surface area is 167 Å². The molecule has 150 valence electrons. The number of hydrogen-bond acceptors (Lipinski definition) is 5. The van der Waals surface area contributed by atoms with E-state index in [1.807, 2.05) is 6.07 Å². The maximum absolute atomic E-state index is 13.0. The zero-order valence-electron chi connectivity index (χ0n) is 15.7. The van der Waals surface area contributed by atoms with E-state index in [1.165, 1.54) is 12.1 Å². The van der Waals surface area contributed by atoms with Crippen molar-refractivity contribution in [2.45, 2.75) is 19.3 Å². The van der Waals surface area contributed by atoms with Crippen LogP contribution in [-0.2, 0) is 11.2 Å². The van der Waals surface area contributed by atoms with Crippen LogP contribution in [0.2, 0.25) is 0 Å². The Morgan fingerprint density at radius 2 is 1.69 bits per heavy atom. The van der Waals surface area contributed by atoms with E-state index >= 15 is 0 Å². The van der Waals surface area contributed by atoms with E-state index < -0.39 is 0 Å². The van der Waals surface area contributed by atoms with Crippen molar-refractivity contribution in [1.29, 1.82) is 0 Å². The molecular formula is C21H21FN4O3. The lowest BCUT2D eigenvalue weighted by Crippen LogP contribution is -2.34. The summed E-state index contributed by atoms with van der Waals surface area (Å²) in [5, 5.41) is 9.37. The van der Waals surface area contributed by atoms with Crippen LogP contribution >= 0.6 is 0 Å². The zero-order chi connectivity index (χ0) is 20.5. The molecule has 0 atom stereocenters. The van der Waals surface area contributed by atoms with E-state index in [4.69, 9.17) is 4.52 Å². The molecule has 7 nitrogen and oxygen atoms in total. The number of aryl methyl sites for hydroxylation is 1. The number of nitrogens with zero attached hydrogens (tertiary/aromatic N) is 2. The van der Waals surface area contributed by atoms with Crippen LogP contribution in [0.3, 0.4) is 0 Å². The van der Waals surface area contributed by atoms with Crippen LogP contribution in [0.5, 0.6) is 0 Å². The molecule has 0 aliphatic carbocycles. The Balaban J connectivity index is 1.32. The van der Waals surface area contributed by atoms with Gasteiger partial charge in [-0.25, -0.2) is 4.39 Å². The van der Waals surface area contributed by atoms with Gasteiger partial charge in [-0.15, -0.1) is 0 Å². The molecule has 0 radical (unpaired) electrons. The first-order valence-corrected chi connectivity index (χ1v) is 9.30. The average Bonchev–Trinajstić information content (AvgIpc) is 3.21. The summed E-state index contributed by atoms with van der Waals surface area (Å²) in [6, 6.07) is 14.7. The molecule has 1 aromatic heterocycles. The fourth-order valence-electron chi connectivity index (χ4n) is 2.63. The lowest BCUT2D eigenvalue weighted by molar-refractivity contribution is -0.121. The number of rotatable bonds is 9. The highest BCUT2D eigenvalue weighted by Crippen LogP contribution is 2.16. The predicted octanol–water partition coefficient (Wildman–Crippen LogP) is 2.74. The molecule has 0 spiro atoms. The minimum absolute atomic E-state index is 0.114. The summed E-state index contributed by atoms with van der Waals surface area (Å²) in [5.41, 5.74) is 1.25. The Morgan fingerprint density at radius 1 is 0.966 bits per heavy atom. The largest absolute Gasteiger partial charge is 0.354 e. The Hall–Kier alpha value is -3.55. The third-order valence-electron chi connectivity index (χ3n) is 4.13. The summed E-state index contributed by atoms with van der Waals surface area (Å²) in [6.07, 6.45) is 1.32. The van der Waals surface area contributed by atoms with Crippen LogP contribution in [0.1, 0.15) is 29.1 Å². The van der Waals surface area contributed by atoms with Crippen molar-refractivity contribution in [3.05, 3.63) is 71.9 Å². The van der Waals surface area contributed by atoms with E-state index in [0.29, 0.717) is 55.2 Å². The summed E-state index contributed by atoms with van der Waals surface area (Å²) in [4.78, 5) is 28.0. The van der Waals surface area contributed by atoms with E-state index in [2.05, 4.69) is 20.8 Å². The highest BCUT2D eigenvalue weighted by atomic mass is 19.1. The molecule has 2 aromatic carbocycles. The summed E-state index contributed by atoms with van der Waals surface area (Å²) >= 11 is 0. The molecule has 0 aliphatic heterocycles. The number of halogens is 1. The molecule has 1 heterocycles. The average molecular weight is 396 g/mol. The molecule has 3 rings (SSSR count). The number of carbonyl (C=O) groups is 2. The van der Waals surface area contributed by atoms with Gasteiger partial charge in [0, 0.05) is 37.1 Å². The van der Waals surface area contributed by atoms with Gasteiger partial charge >= 0.3 is 0 Å². The van der Waals surface area contributed by atoms with Crippen LogP contribution < -0.4 is 10.6 Å². The van der Waals surface area contributed by atoms with Gasteiger partial charge in [0.2, 0.25) is 17.6 Å². The van der Waals surface area contributed by atoms with Crippen molar-refractivity contribution < 1.29 is 18.5 Å². The van der Waals surface area contributed by atoms with Crippen molar-refractivity contribution in [3.8, 4) is 11.4 Å². The van der Waals surface area contributed by atoms with Gasteiger partial charge in [-0.2, -0.15) is 4.98 Å². The van der Waals surface area contributed by atoms with Gasteiger partial charge < -0.3 is 15.2 Å². The molecule has 0 aliphatic rings. The van der Waals surface area contributed by atoms with Crippen molar-refractivity contribution in [3.63, 3.8) is 0 Å². The molecule has 0 fully saturated rings. The molecule has 0 saturated carbocycles. The van der Waals surface area contributed by atoms with E-state index in [0.717, 1.165) is 0 Å². The van der Waals surface area contributed by atoms with E-state index in [9.17, 15) is 14.0 Å². The lowest BCUT2D eigenvalue weighted by Gasteiger charge is -2.07. The fourth-order valence-corrected chi connectivity index (χ4v) is 2.63. The number of aromatic nitrogens is 2. The van der Waals surface area contributed by atoms with Gasteiger partial charge in [0.25, 0.3) is 5.91 Å². The lowest BCUT2D eigenvalue weighted by atomic mass is 10.2. The molecule has 0 bridgehead atoms. The second kappa shape index (κ2) is 10.1. The minimum atomic E-state index is -0.330. The quantitative estimate of drug-likeness (QED) is 0.542. The van der Waals surface area contributed by atoms with Gasteiger partial charge in [0.1, 0.15) is 5.82 Å². The van der Waals surface area contributed by atoms with Crippen molar-refractivity contribution in [2.24, 2.45) is 0 Å². The third-order valence-corrected chi connectivity index (χ3v) is 4.13. The van der Waals surface area contributed by atoms with Crippen molar-refractivity contribution in [2.75, 3.05) is 13.1 Å². The summed E-state index contributed by atoms with van der Waals surface area (Å²) < 4.78 is 18.1. The molecule has 0 saturated heterocycles. The van der Waals surface area contributed by atoms with Crippen molar-refractivity contribution >= 4 is 11.8 Å². The second-order valence-electron chi connectivity index (χ2n) is 6.34. The Morgan fingerprint density at radius 3 is 2.45 bits per heavy atom. The maximum Gasteiger partial charge on any atom is 0.251 e. The molecule has 29 heavy (non-hydrogen) atoms. The molecule has 2 N–H and O–H groups in total. The molecule has 3 aromatic rings. The number of hydrogen-bond donors (Lipinski definition) is 2. The van der Waals surface area contributed by atoms with Gasteiger partial charge in [0.05, 0.1) is 0 Å². The number of amides is 2. The van der Waals surface area contributed by atoms with Crippen LogP contribution in [0.4, 0.5) is 4.39 Å². The predicted molar refractivity (Wildman–Crippen MR) is 104 cm³/mol. The summed E-state index contributed by atoms with van der Waals surface area (Å²) in [7, 11) is 0. The normalized spacial score (nSPS) is 10.5. The first-order valence-electron chi connectivity index (χ1n) is 9.30. The SMILES string of the molecule is O=C(CCCc1nc(-c2ccc(F)cc2)no1)NCCNC(=O)c1ccccc1. The van der Waals surface area contributed by atoms with Gasteiger partial charge in [-0.1, -0.05) is 23.4 Å². The first kappa shape index (κ1) is 20.2. The highest BCUT2D eigenvalue weighted by Gasteiger charge is 2.10. The standard InChI is InChI=1S/C21H21FN4O3/c22-17-11-9-15(10-12-17)20-25-19(29-26-20)8-4-7-18(27)23-13-14-24-21(28)16-5-2-1-3-6-16/h1-3,5-6,9-12H,4,7-8,13-14H2,(H,23,27)(H,24,28). The van der Waals surface area contributed by atoms with Gasteiger partial charge in [-0.05, 0) is 42.8 Å². The molecular weight excluding hydrogens is 375 g/mol. The van der Waals surface area contributed by atoms with Crippen LogP contribution in [0.25, 0.3) is 11.4 Å². The number of carbonyl (C=O) groups excluding carboxylic acids is 2. The Bertz CT molecular complexity index is 942. The fraction of sp³-hybridized carbons (Fsp3) is 0.238. The highest BCUT2D eigenvalue weighted by molar-refractivity contribution is 5.94. The van der Waals surface area contributed by atoms with Gasteiger partial charge in [0.15, 0.2) is 0 Å². The molecule has 8 heteroatoms. The van der Waals surface area contributed by atoms with Crippen LogP contribution in [-0.4, -0.2) is 35.0 Å². The van der Waals surface area contributed by atoms with Crippen LogP contribution in [0, 0.1) is 5.82 Å². The summed E-state index contributed by atoms with van der Waals surface area (Å²) in [5.74, 6) is 0.194. The molecule has 2 amide bonds. The third kappa shape index (κ3) is 6.24. The van der Waals surface area contributed by atoms with Crippen LogP contribution in [0.15, 0.2) is 59.1 Å². The smallest absolute Gasteiger partial charge is 0.251 e. The first-order chi connectivity index (χ1) is 14.1. The minimum Gasteiger partial charge on any atom is -0.354 e. The second-order valence-corrected chi connectivity index (χ2v) is 6.34. The molecule has 0 unspecified atom stereocenters. The van der Waals surface area contributed by atoms with E-state index in [1.54, 1.807) is 36.4 Å². The number of benzene rings is 2. The number of nitrogens with one attached hydrogen (secondary N) is 2. The topological polar surface area (TPSA) is 97.1 Å². The Kier molecular flexibility index (Phi) is 7.05.